The van der Waals surface area contributed by atoms with Crippen LogP contribution in [0.15, 0.2) is 18.2 Å². The summed E-state index contributed by atoms with van der Waals surface area (Å²) in [5.41, 5.74) is 5.87. The molecule has 0 amide bonds. The number of nitrogens with two attached hydrogens (primary N) is 1. The van der Waals surface area contributed by atoms with Crippen molar-refractivity contribution in [2.75, 3.05) is 43.5 Å². The Balaban J connectivity index is 1.30. The van der Waals surface area contributed by atoms with E-state index < -0.39 is 23.3 Å². The normalized spacial score (nSPS) is 26.6. The van der Waals surface area contributed by atoms with E-state index in [9.17, 15) is 14.0 Å². The number of anilines is 2. The van der Waals surface area contributed by atoms with Gasteiger partial charge in [-0.1, -0.05) is 17.7 Å². The van der Waals surface area contributed by atoms with Crippen LogP contribution in [0, 0.1) is 23.0 Å². The Morgan fingerprint density at radius 2 is 2.14 bits per heavy atom. The molecule has 4 fully saturated rings. The van der Waals surface area contributed by atoms with Crippen LogP contribution in [-0.2, 0) is 4.74 Å². The summed E-state index contributed by atoms with van der Waals surface area (Å²) in [6.07, 6.45) is 2.09. The molecule has 43 heavy (non-hydrogen) atoms. The largest absolute Gasteiger partial charge is 0.461 e. The van der Waals surface area contributed by atoms with Gasteiger partial charge >= 0.3 is 6.01 Å². The molecule has 13 heteroatoms. The van der Waals surface area contributed by atoms with Crippen LogP contribution in [0.3, 0.4) is 0 Å². The van der Waals surface area contributed by atoms with Gasteiger partial charge in [0.15, 0.2) is 5.82 Å². The number of benzene rings is 2. The molecule has 0 saturated carbocycles. The Morgan fingerprint density at radius 1 is 1.28 bits per heavy atom. The first-order valence-electron chi connectivity index (χ1n) is 14.3. The highest BCUT2D eigenvalue weighted by molar-refractivity contribution is 7.23. The molecule has 4 aromatic rings. The van der Waals surface area contributed by atoms with Gasteiger partial charge in [0.25, 0.3) is 0 Å². The Labute approximate surface area is 253 Å². The number of fused-ring (bicyclic) bond motifs is 5. The number of hydrogen-bond donors (Lipinski definition) is 1. The molecule has 8 nitrogen and oxygen atoms in total. The number of rotatable bonds is 5. The molecule has 0 spiro atoms. The van der Waals surface area contributed by atoms with E-state index in [1.54, 1.807) is 6.07 Å². The zero-order chi connectivity index (χ0) is 29.6. The van der Waals surface area contributed by atoms with Gasteiger partial charge in [0, 0.05) is 35.8 Å². The van der Waals surface area contributed by atoms with Gasteiger partial charge in [0.2, 0.25) is 0 Å². The minimum Gasteiger partial charge on any atom is -0.461 e. The number of ether oxygens (including phenoxy) is 2. The molecule has 2 aromatic carbocycles. The molecule has 2 N–H and O–H groups in total. The SMILES string of the molecule is N#Cc1c(N)sc2c(F)ccc(-c3c(Cl)cc4c(N5CC6CC5CO6)nc(OCC56CCCN5CC(F)C6)nc4c3F)c12. The molecule has 4 unspecified atom stereocenters. The second-order valence-corrected chi connectivity index (χ2v) is 13.3. The Morgan fingerprint density at radius 3 is 2.91 bits per heavy atom. The van der Waals surface area contributed by atoms with Crippen LogP contribution in [0.1, 0.15) is 31.2 Å². The fraction of sp³-hybridized carbons (Fsp3) is 0.433. The summed E-state index contributed by atoms with van der Waals surface area (Å²) in [5, 5.41) is 10.6. The monoisotopic (exact) mass is 626 g/mol. The second kappa shape index (κ2) is 9.82. The lowest BCUT2D eigenvalue weighted by molar-refractivity contribution is 0.0984. The van der Waals surface area contributed by atoms with Crippen molar-refractivity contribution in [1.82, 2.24) is 14.9 Å². The van der Waals surface area contributed by atoms with Crippen LogP contribution in [-0.4, -0.2) is 71.6 Å². The summed E-state index contributed by atoms with van der Waals surface area (Å²) in [6.45, 7) is 2.49. The van der Waals surface area contributed by atoms with Crippen LogP contribution in [0.25, 0.3) is 32.1 Å². The molecular weight excluding hydrogens is 601 g/mol. The average Bonchev–Trinajstić information content (AvgIpc) is 3.80. The van der Waals surface area contributed by atoms with Crippen LogP contribution < -0.4 is 15.4 Å². The Kier molecular flexibility index (Phi) is 6.21. The maximum atomic E-state index is 16.8. The molecule has 4 atom stereocenters. The van der Waals surface area contributed by atoms with E-state index in [0.29, 0.717) is 37.3 Å². The number of aromatic nitrogens is 2. The molecule has 2 aromatic heterocycles. The third-order valence-electron chi connectivity index (χ3n) is 9.44. The van der Waals surface area contributed by atoms with Gasteiger partial charge in [0.05, 0.1) is 39.6 Å². The minimum atomic E-state index is -0.920. The molecule has 222 valence electrons. The van der Waals surface area contributed by atoms with Gasteiger partial charge in [-0.25, -0.2) is 13.2 Å². The summed E-state index contributed by atoms with van der Waals surface area (Å²) >= 11 is 7.72. The van der Waals surface area contributed by atoms with Crippen LogP contribution >= 0.6 is 22.9 Å². The fourth-order valence-electron chi connectivity index (χ4n) is 7.51. The van der Waals surface area contributed by atoms with E-state index in [-0.39, 0.29) is 67.1 Å². The molecule has 4 aliphatic rings. The van der Waals surface area contributed by atoms with E-state index in [1.807, 2.05) is 6.07 Å². The predicted molar refractivity (Wildman–Crippen MR) is 158 cm³/mol. The van der Waals surface area contributed by atoms with Gasteiger partial charge in [-0.2, -0.15) is 15.2 Å². The van der Waals surface area contributed by atoms with E-state index in [4.69, 9.17) is 31.8 Å². The smallest absolute Gasteiger partial charge is 0.319 e. The maximum absolute atomic E-state index is 16.8. The van der Waals surface area contributed by atoms with Crippen molar-refractivity contribution in [3.8, 4) is 23.2 Å². The van der Waals surface area contributed by atoms with E-state index in [1.165, 1.54) is 12.1 Å². The van der Waals surface area contributed by atoms with Crippen LogP contribution in [0.5, 0.6) is 6.01 Å². The highest BCUT2D eigenvalue weighted by atomic mass is 35.5. The lowest BCUT2D eigenvalue weighted by atomic mass is 9.95. The number of thiophene rings is 1. The van der Waals surface area contributed by atoms with Crippen molar-refractivity contribution in [2.45, 2.75) is 49.5 Å². The van der Waals surface area contributed by atoms with Crippen molar-refractivity contribution in [2.24, 2.45) is 0 Å². The number of nitriles is 1. The molecule has 2 bridgehead atoms. The van der Waals surface area contributed by atoms with Gasteiger partial charge in [-0.3, -0.25) is 4.90 Å². The number of hydrogen-bond acceptors (Lipinski definition) is 9. The molecule has 4 aliphatic heterocycles. The standard InChI is InChI=1S/C30H26ClF3N6O2S/c31-20-7-18-25(24(34)23(20)17-2-3-21(33)26-22(17)19(9-35)27(36)43-26)37-29(38-28(18)40-11-16-6-15(40)12-41-16)42-13-30-4-1-5-39(30)10-14(32)8-30/h2-3,7,14-16H,1,4-6,8,10-13,36H2. The topological polar surface area (TPSA) is 101 Å². The number of nitrogen functional groups attached to an aromatic ring is 1. The number of morpholine rings is 1. The zero-order valence-electron chi connectivity index (χ0n) is 22.9. The van der Waals surface area contributed by atoms with Gasteiger partial charge in [-0.05, 0) is 43.5 Å². The molecule has 6 heterocycles. The van der Waals surface area contributed by atoms with Crippen molar-refractivity contribution >= 4 is 54.7 Å². The number of alkyl halides is 1. The average molecular weight is 627 g/mol. The highest BCUT2D eigenvalue weighted by Gasteiger charge is 2.49. The summed E-state index contributed by atoms with van der Waals surface area (Å²) in [5.74, 6) is -0.826. The number of nitrogens with zero attached hydrogens (tertiary/aromatic N) is 5. The maximum Gasteiger partial charge on any atom is 0.319 e. The summed E-state index contributed by atoms with van der Waals surface area (Å²) in [6, 6.07) is 6.30. The quantitative estimate of drug-likeness (QED) is 0.295. The summed E-state index contributed by atoms with van der Waals surface area (Å²) in [4.78, 5) is 13.5. The fourth-order valence-corrected chi connectivity index (χ4v) is 8.75. The van der Waals surface area contributed by atoms with E-state index >= 15 is 4.39 Å². The van der Waals surface area contributed by atoms with Gasteiger partial charge in [-0.15, -0.1) is 11.3 Å². The Hall–Kier alpha value is -3.37. The first-order chi connectivity index (χ1) is 20.8. The van der Waals surface area contributed by atoms with Crippen LogP contribution in [0.2, 0.25) is 5.02 Å². The van der Waals surface area contributed by atoms with Crippen molar-refractivity contribution in [1.29, 1.82) is 5.26 Å². The van der Waals surface area contributed by atoms with Crippen molar-refractivity contribution < 1.29 is 22.6 Å². The minimum absolute atomic E-state index is 0.0105. The van der Waals surface area contributed by atoms with Crippen molar-refractivity contribution in [3.63, 3.8) is 0 Å². The number of halogens is 4. The van der Waals surface area contributed by atoms with E-state index in [0.717, 1.165) is 37.1 Å². The van der Waals surface area contributed by atoms with Gasteiger partial charge < -0.3 is 20.1 Å². The summed E-state index contributed by atoms with van der Waals surface area (Å²) in [7, 11) is 0. The summed E-state index contributed by atoms with van der Waals surface area (Å²) < 4.78 is 58.1. The molecule has 4 saturated heterocycles. The van der Waals surface area contributed by atoms with E-state index in [2.05, 4.69) is 14.8 Å². The third-order valence-corrected chi connectivity index (χ3v) is 10.8. The zero-order valence-corrected chi connectivity index (χ0v) is 24.5. The highest BCUT2D eigenvalue weighted by Crippen LogP contribution is 2.47. The van der Waals surface area contributed by atoms with Gasteiger partial charge in [0.1, 0.15) is 41.0 Å². The predicted octanol–water partition coefficient (Wildman–Crippen LogP) is 5.83. The van der Waals surface area contributed by atoms with Crippen LogP contribution in [0.4, 0.5) is 24.0 Å². The first-order valence-corrected chi connectivity index (χ1v) is 15.5. The third kappa shape index (κ3) is 4.09. The molecule has 0 aliphatic carbocycles. The molecular formula is C30H26ClF3N6O2S. The molecule has 8 rings (SSSR count). The lowest BCUT2D eigenvalue weighted by Gasteiger charge is -2.31. The van der Waals surface area contributed by atoms with Crippen molar-refractivity contribution in [3.05, 3.63) is 40.4 Å². The lowest BCUT2D eigenvalue weighted by Crippen LogP contribution is -2.43. The Bertz CT molecular complexity index is 1870. The first kappa shape index (κ1) is 27.2. The molecule has 0 radical (unpaired) electrons. The second-order valence-electron chi connectivity index (χ2n) is 11.9.